The first kappa shape index (κ1) is 19.3. The van der Waals surface area contributed by atoms with Crippen LogP contribution >= 0.6 is 22.9 Å². The number of aryl methyl sites for hydroxylation is 1. The maximum atomic E-state index is 14.1. The summed E-state index contributed by atoms with van der Waals surface area (Å²) in [7, 11) is 0. The number of carbonyl (C=O) groups is 1. The Morgan fingerprint density at radius 3 is 2.60 bits per heavy atom. The van der Waals surface area contributed by atoms with Gasteiger partial charge in [-0.2, -0.15) is 0 Å². The average Bonchev–Trinajstić information content (AvgIpc) is 3.21. The molecule has 30 heavy (non-hydrogen) atoms. The molecular weight excluding hydrogens is 421 g/mol. The molecule has 0 bridgehead atoms. The van der Waals surface area contributed by atoms with E-state index in [0.717, 1.165) is 26.6 Å². The van der Waals surface area contributed by atoms with Gasteiger partial charge in [0.15, 0.2) is 0 Å². The van der Waals surface area contributed by atoms with Crippen LogP contribution in [0.1, 0.15) is 15.2 Å². The number of aromatic nitrogens is 1. The van der Waals surface area contributed by atoms with Gasteiger partial charge in [-0.3, -0.25) is 4.79 Å². The van der Waals surface area contributed by atoms with Gasteiger partial charge in [-0.25, -0.2) is 9.37 Å². The first-order valence-corrected chi connectivity index (χ1v) is 11.0. The Kier molecular flexibility index (Phi) is 4.83. The van der Waals surface area contributed by atoms with E-state index in [4.69, 9.17) is 11.6 Å². The molecule has 4 nitrogen and oxygen atoms in total. The number of hydrogen-bond donors (Lipinski definition) is 0. The minimum absolute atomic E-state index is 0.0127. The quantitative estimate of drug-likeness (QED) is 0.386. The second kappa shape index (κ2) is 7.52. The Morgan fingerprint density at radius 2 is 1.83 bits per heavy atom. The molecule has 1 aliphatic rings. The lowest BCUT2D eigenvalue weighted by atomic mass is 10.1. The van der Waals surface area contributed by atoms with Gasteiger partial charge in [-0.15, -0.1) is 11.3 Å². The molecule has 0 spiro atoms. The van der Waals surface area contributed by atoms with Crippen molar-refractivity contribution in [3.05, 3.63) is 69.9 Å². The van der Waals surface area contributed by atoms with Gasteiger partial charge < -0.3 is 9.80 Å². The van der Waals surface area contributed by atoms with E-state index in [2.05, 4.69) is 11.1 Å². The molecule has 3 heterocycles. The van der Waals surface area contributed by atoms with Gasteiger partial charge in [-0.05, 0) is 37.3 Å². The molecule has 0 aliphatic carbocycles. The molecule has 0 unspecified atom stereocenters. The Labute approximate surface area is 182 Å². The molecule has 0 saturated carbocycles. The second-order valence-electron chi connectivity index (χ2n) is 7.51. The molecule has 7 heteroatoms. The number of thiophene rings is 1. The number of halogens is 2. The van der Waals surface area contributed by atoms with Gasteiger partial charge >= 0.3 is 0 Å². The van der Waals surface area contributed by atoms with Crippen molar-refractivity contribution in [2.75, 3.05) is 31.1 Å². The van der Waals surface area contributed by atoms with Crippen molar-refractivity contribution in [2.45, 2.75) is 6.92 Å². The van der Waals surface area contributed by atoms with E-state index in [0.29, 0.717) is 41.9 Å². The Morgan fingerprint density at radius 1 is 1.07 bits per heavy atom. The molecule has 1 saturated heterocycles. The van der Waals surface area contributed by atoms with Crippen LogP contribution in [0.4, 0.5) is 10.1 Å². The van der Waals surface area contributed by atoms with E-state index in [1.165, 1.54) is 17.4 Å². The van der Waals surface area contributed by atoms with E-state index in [1.807, 2.05) is 41.0 Å². The van der Waals surface area contributed by atoms with Gasteiger partial charge in [0, 0.05) is 41.7 Å². The van der Waals surface area contributed by atoms with Crippen LogP contribution in [0, 0.1) is 12.7 Å². The van der Waals surface area contributed by atoms with Crippen molar-refractivity contribution in [3.8, 4) is 0 Å². The molecular formula is C23H19ClFN3OS. The predicted octanol–water partition coefficient (Wildman–Crippen LogP) is 5.51. The van der Waals surface area contributed by atoms with E-state index in [9.17, 15) is 9.18 Å². The maximum Gasteiger partial charge on any atom is 0.264 e. The van der Waals surface area contributed by atoms with Crippen LogP contribution < -0.4 is 4.90 Å². The van der Waals surface area contributed by atoms with E-state index in [-0.39, 0.29) is 11.7 Å². The number of anilines is 1. The third-order valence-electron chi connectivity index (χ3n) is 5.54. The van der Waals surface area contributed by atoms with Crippen LogP contribution in [0.5, 0.6) is 0 Å². The predicted molar refractivity (Wildman–Crippen MR) is 121 cm³/mol. The van der Waals surface area contributed by atoms with Crippen LogP contribution in [0.3, 0.4) is 0 Å². The number of para-hydroxylation sites is 1. The third-order valence-corrected chi connectivity index (χ3v) is 6.98. The van der Waals surface area contributed by atoms with E-state index >= 15 is 0 Å². The number of benzene rings is 2. The summed E-state index contributed by atoms with van der Waals surface area (Å²) in [6.07, 6.45) is 0. The fourth-order valence-corrected chi connectivity index (χ4v) is 5.41. The summed E-state index contributed by atoms with van der Waals surface area (Å²) in [6.45, 7) is 4.33. The van der Waals surface area contributed by atoms with Crippen molar-refractivity contribution < 1.29 is 9.18 Å². The Balaban J connectivity index is 1.42. The summed E-state index contributed by atoms with van der Waals surface area (Å²) in [5.41, 5.74) is 2.56. The van der Waals surface area contributed by atoms with Crippen LogP contribution in [-0.4, -0.2) is 42.0 Å². The van der Waals surface area contributed by atoms with Gasteiger partial charge in [0.05, 0.1) is 16.1 Å². The van der Waals surface area contributed by atoms with E-state index < -0.39 is 0 Å². The SMILES string of the molecule is Cc1ccc2nc(Cl)c3cc(C(=O)N4CCN(c5ccccc5F)CC4)sc3c2c1. The summed E-state index contributed by atoms with van der Waals surface area (Å²) >= 11 is 7.87. The molecule has 2 aromatic heterocycles. The van der Waals surface area contributed by atoms with Gasteiger partial charge in [0.1, 0.15) is 11.0 Å². The minimum Gasteiger partial charge on any atom is -0.366 e. The number of pyridine rings is 1. The van der Waals surface area contributed by atoms with Gasteiger partial charge in [-0.1, -0.05) is 35.4 Å². The Hall–Kier alpha value is -2.70. The Bertz CT molecular complexity index is 1280. The van der Waals surface area contributed by atoms with Crippen molar-refractivity contribution in [2.24, 2.45) is 0 Å². The fourth-order valence-electron chi connectivity index (χ4n) is 3.96. The third kappa shape index (κ3) is 3.30. The molecule has 2 aromatic carbocycles. The number of hydrogen-bond acceptors (Lipinski definition) is 4. The molecule has 0 N–H and O–H groups in total. The standard InChI is InChI=1S/C23H19ClFN3OS/c1-14-6-7-18-15(12-14)21-16(22(24)26-18)13-20(30-21)23(29)28-10-8-27(9-11-28)19-5-3-2-4-17(19)25/h2-7,12-13H,8-11H2,1H3. The lowest BCUT2D eigenvalue weighted by molar-refractivity contribution is 0.0751. The zero-order valence-corrected chi connectivity index (χ0v) is 17.9. The molecule has 0 radical (unpaired) electrons. The first-order valence-electron chi connectivity index (χ1n) is 9.79. The zero-order chi connectivity index (χ0) is 20.8. The monoisotopic (exact) mass is 439 g/mol. The number of carbonyl (C=O) groups excluding carboxylic acids is 1. The number of amides is 1. The van der Waals surface area contributed by atoms with E-state index in [1.54, 1.807) is 12.1 Å². The van der Waals surface area contributed by atoms with Crippen LogP contribution in [0.2, 0.25) is 5.15 Å². The highest BCUT2D eigenvalue weighted by Crippen LogP contribution is 2.36. The number of rotatable bonds is 2. The first-order chi connectivity index (χ1) is 14.5. The van der Waals surface area contributed by atoms with Crippen LogP contribution in [-0.2, 0) is 0 Å². The second-order valence-corrected chi connectivity index (χ2v) is 8.92. The normalized spacial score (nSPS) is 14.6. The highest BCUT2D eigenvalue weighted by Gasteiger charge is 2.25. The highest BCUT2D eigenvalue weighted by atomic mass is 35.5. The van der Waals surface area contributed by atoms with Crippen molar-refractivity contribution in [3.63, 3.8) is 0 Å². The largest absolute Gasteiger partial charge is 0.366 e. The molecule has 0 atom stereocenters. The minimum atomic E-state index is -0.230. The lowest BCUT2D eigenvalue weighted by Gasteiger charge is -2.36. The zero-order valence-electron chi connectivity index (χ0n) is 16.4. The number of piperazine rings is 1. The van der Waals surface area contributed by atoms with Crippen LogP contribution in [0.15, 0.2) is 48.5 Å². The molecule has 1 amide bonds. The summed E-state index contributed by atoms with van der Waals surface area (Å²) in [4.78, 5) is 22.1. The molecule has 4 aromatic rings. The van der Waals surface area contributed by atoms with Crippen molar-refractivity contribution in [1.29, 1.82) is 0 Å². The molecule has 1 fully saturated rings. The summed E-state index contributed by atoms with van der Waals surface area (Å²) in [6, 6.07) is 14.7. The highest BCUT2D eigenvalue weighted by molar-refractivity contribution is 7.21. The van der Waals surface area contributed by atoms with Crippen molar-refractivity contribution in [1.82, 2.24) is 9.88 Å². The fraction of sp³-hybridized carbons (Fsp3) is 0.217. The summed E-state index contributed by atoms with van der Waals surface area (Å²) in [5.74, 6) is -0.243. The number of nitrogens with zero attached hydrogens (tertiary/aromatic N) is 3. The maximum absolute atomic E-state index is 14.1. The average molecular weight is 440 g/mol. The van der Waals surface area contributed by atoms with Crippen molar-refractivity contribution >= 4 is 55.5 Å². The van der Waals surface area contributed by atoms with Gasteiger partial charge in [0.2, 0.25) is 0 Å². The topological polar surface area (TPSA) is 36.4 Å². The smallest absolute Gasteiger partial charge is 0.264 e. The molecule has 152 valence electrons. The molecule has 5 rings (SSSR count). The van der Waals surface area contributed by atoms with Gasteiger partial charge in [0.25, 0.3) is 5.91 Å². The summed E-state index contributed by atoms with van der Waals surface area (Å²) < 4.78 is 15.1. The summed E-state index contributed by atoms with van der Waals surface area (Å²) in [5, 5.41) is 2.25. The lowest BCUT2D eigenvalue weighted by Crippen LogP contribution is -2.48. The van der Waals surface area contributed by atoms with Crippen LogP contribution in [0.25, 0.3) is 21.0 Å². The number of fused-ring (bicyclic) bond motifs is 3. The molecule has 1 aliphatic heterocycles.